The Labute approximate surface area is 114 Å². The zero-order valence-corrected chi connectivity index (χ0v) is 11.8. The van der Waals surface area contributed by atoms with E-state index in [-0.39, 0.29) is 12.0 Å². The third-order valence-corrected chi connectivity index (χ3v) is 3.04. The molecule has 0 spiro atoms. The van der Waals surface area contributed by atoms with Crippen LogP contribution >= 0.6 is 0 Å². The van der Waals surface area contributed by atoms with Crippen LogP contribution in [0.2, 0.25) is 0 Å². The fourth-order valence-corrected chi connectivity index (χ4v) is 1.69. The molecule has 0 rings (SSSR count). The van der Waals surface area contributed by atoms with Gasteiger partial charge in [-0.15, -0.1) is 0 Å². The summed E-state index contributed by atoms with van der Waals surface area (Å²) in [5.74, 6) is -0.705. The lowest BCUT2D eigenvalue weighted by molar-refractivity contribution is -0.133. The van der Waals surface area contributed by atoms with Gasteiger partial charge in [-0.25, -0.2) is 4.79 Å². The van der Waals surface area contributed by atoms with Gasteiger partial charge < -0.3 is 20.1 Å². The molecule has 0 bridgehead atoms. The molecule has 0 aliphatic rings. The summed E-state index contributed by atoms with van der Waals surface area (Å²) in [6.45, 7) is 4.24. The molecule has 0 aromatic heterocycles. The fourth-order valence-electron chi connectivity index (χ4n) is 1.69. The van der Waals surface area contributed by atoms with Gasteiger partial charge in [0.2, 0.25) is 0 Å². The molecule has 5 heteroatoms. The van der Waals surface area contributed by atoms with Gasteiger partial charge in [0.25, 0.3) is 0 Å². The van der Waals surface area contributed by atoms with Crippen molar-refractivity contribution in [1.82, 2.24) is 0 Å². The number of carboxylic acid groups (broad SMARTS) is 1. The summed E-state index contributed by atoms with van der Waals surface area (Å²) in [7, 11) is 0. The van der Waals surface area contributed by atoms with Crippen LogP contribution in [0.3, 0.4) is 0 Å². The highest BCUT2D eigenvalue weighted by molar-refractivity contribution is 5.86. The number of hydrogen-bond donors (Lipinski definition) is 3. The van der Waals surface area contributed by atoms with E-state index in [1.807, 2.05) is 0 Å². The molecule has 0 aromatic carbocycles. The molecular formula is C14H26O5. The number of carboxylic acids is 1. The molecular weight excluding hydrogens is 248 g/mol. The van der Waals surface area contributed by atoms with Crippen LogP contribution in [0.15, 0.2) is 11.8 Å². The Bertz CT molecular complexity index is 275. The van der Waals surface area contributed by atoms with Gasteiger partial charge in [0.05, 0.1) is 31.2 Å². The van der Waals surface area contributed by atoms with Crippen molar-refractivity contribution in [1.29, 1.82) is 0 Å². The van der Waals surface area contributed by atoms with Crippen molar-refractivity contribution in [3.8, 4) is 0 Å². The number of aliphatic carboxylic acids is 1. The highest BCUT2D eigenvalue weighted by Crippen LogP contribution is 2.14. The average molecular weight is 274 g/mol. The summed E-state index contributed by atoms with van der Waals surface area (Å²) in [6, 6.07) is 0. The van der Waals surface area contributed by atoms with Crippen molar-refractivity contribution in [2.24, 2.45) is 5.92 Å². The monoisotopic (exact) mass is 274 g/mol. The van der Waals surface area contributed by atoms with Crippen molar-refractivity contribution < 1.29 is 24.9 Å². The molecule has 2 unspecified atom stereocenters. The number of ether oxygens (including phenoxy) is 1. The molecule has 0 aromatic rings. The maximum atomic E-state index is 10.9. The van der Waals surface area contributed by atoms with E-state index in [0.717, 1.165) is 25.7 Å². The van der Waals surface area contributed by atoms with Crippen molar-refractivity contribution >= 4 is 5.97 Å². The van der Waals surface area contributed by atoms with E-state index in [4.69, 9.17) is 14.9 Å². The lowest BCUT2D eigenvalue weighted by atomic mass is 10.0. The Morgan fingerprint density at radius 3 is 2.53 bits per heavy atom. The summed E-state index contributed by atoms with van der Waals surface area (Å²) >= 11 is 0. The van der Waals surface area contributed by atoms with Crippen molar-refractivity contribution in [3.63, 3.8) is 0 Å². The van der Waals surface area contributed by atoms with E-state index in [1.165, 1.54) is 6.26 Å². The maximum absolute atomic E-state index is 10.9. The Hall–Kier alpha value is -1.07. The van der Waals surface area contributed by atoms with E-state index in [9.17, 15) is 9.90 Å². The first kappa shape index (κ1) is 17.9. The molecule has 0 aliphatic carbocycles. The number of carbonyl (C=O) groups is 1. The smallest absolute Gasteiger partial charge is 0.334 e. The molecule has 0 fully saturated rings. The summed E-state index contributed by atoms with van der Waals surface area (Å²) in [6.07, 6.45) is 4.36. The van der Waals surface area contributed by atoms with Gasteiger partial charge in [0.1, 0.15) is 0 Å². The van der Waals surface area contributed by atoms with Crippen LogP contribution in [-0.4, -0.2) is 40.6 Å². The summed E-state index contributed by atoms with van der Waals surface area (Å²) in [5.41, 5.74) is -0.0214. The zero-order valence-electron chi connectivity index (χ0n) is 11.8. The van der Waals surface area contributed by atoms with Gasteiger partial charge in [-0.05, 0) is 12.3 Å². The average Bonchev–Trinajstić information content (AvgIpc) is 2.40. The number of unbranched alkanes of at least 4 members (excludes halogenated alkanes) is 1. The van der Waals surface area contributed by atoms with Crippen LogP contribution in [-0.2, 0) is 9.53 Å². The SMILES string of the molecule is CCCCC(CC)COC=C(CC(O)CO)C(=O)O. The molecule has 112 valence electrons. The standard InChI is InChI=1S/C14H26O5/c1-3-5-6-11(4-2)9-19-10-12(14(17)18)7-13(16)8-15/h10-11,13,15-16H,3-9H2,1-2H3,(H,17,18). The number of aliphatic hydroxyl groups is 2. The minimum absolute atomic E-state index is 0.0214. The summed E-state index contributed by atoms with van der Waals surface area (Å²) in [5, 5.41) is 26.9. The van der Waals surface area contributed by atoms with Gasteiger partial charge >= 0.3 is 5.97 Å². The Morgan fingerprint density at radius 1 is 1.37 bits per heavy atom. The summed E-state index contributed by atoms with van der Waals surface area (Å²) < 4.78 is 5.32. The molecule has 0 amide bonds. The van der Waals surface area contributed by atoms with Crippen LogP contribution < -0.4 is 0 Å². The molecule has 0 saturated carbocycles. The number of rotatable bonds is 11. The van der Waals surface area contributed by atoms with Gasteiger partial charge in [0.15, 0.2) is 0 Å². The number of aliphatic hydroxyl groups excluding tert-OH is 2. The molecule has 3 N–H and O–H groups in total. The zero-order chi connectivity index (χ0) is 14.7. The lowest BCUT2D eigenvalue weighted by Gasteiger charge is -2.14. The Morgan fingerprint density at radius 2 is 2.05 bits per heavy atom. The molecule has 0 aliphatic heterocycles. The second kappa shape index (κ2) is 10.8. The van der Waals surface area contributed by atoms with E-state index < -0.39 is 18.7 Å². The van der Waals surface area contributed by atoms with Crippen LogP contribution in [0.1, 0.15) is 46.0 Å². The quantitative estimate of drug-likeness (QED) is 0.396. The van der Waals surface area contributed by atoms with E-state index in [1.54, 1.807) is 0 Å². The molecule has 2 atom stereocenters. The normalized spacial score (nSPS) is 15.1. The molecule has 0 saturated heterocycles. The van der Waals surface area contributed by atoms with Crippen LogP contribution in [0.25, 0.3) is 0 Å². The van der Waals surface area contributed by atoms with Crippen molar-refractivity contribution in [2.45, 2.75) is 52.1 Å². The van der Waals surface area contributed by atoms with Crippen LogP contribution in [0.5, 0.6) is 0 Å². The van der Waals surface area contributed by atoms with Crippen molar-refractivity contribution in [3.05, 3.63) is 11.8 Å². The Balaban J connectivity index is 4.25. The minimum atomic E-state index is -1.13. The maximum Gasteiger partial charge on any atom is 0.334 e. The minimum Gasteiger partial charge on any atom is -0.500 e. The van der Waals surface area contributed by atoms with E-state index in [0.29, 0.717) is 12.5 Å². The third kappa shape index (κ3) is 8.61. The highest BCUT2D eigenvalue weighted by atomic mass is 16.5. The van der Waals surface area contributed by atoms with E-state index >= 15 is 0 Å². The van der Waals surface area contributed by atoms with Gasteiger partial charge in [-0.1, -0.05) is 33.1 Å². The third-order valence-electron chi connectivity index (χ3n) is 3.04. The highest BCUT2D eigenvalue weighted by Gasteiger charge is 2.14. The predicted molar refractivity (Wildman–Crippen MR) is 72.7 cm³/mol. The first-order valence-electron chi connectivity index (χ1n) is 6.87. The second-order valence-corrected chi connectivity index (χ2v) is 4.74. The topological polar surface area (TPSA) is 87.0 Å². The van der Waals surface area contributed by atoms with E-state index in [2.05, 4.69) is 13.8 Å². The molecule has 0 heterocycles. The first-order chi connectivity index (χ1) is 9.04. The van der Waals surface area contributed by atoms with Crippen molar-refractivity contribution in [2.75, 3.05) is 13.2 Å². The molecule has 19 heavy (non-hydrogen) atoms. The van der Waals surface area contributed by atoms with Crippen LogP contribution in [0, 0.1) is 5.92 Å². The second-order valence-electron chi connectivity index (χ2n) is 4.74. The largest absolute Gasteiger partial charge is 0.500 e. The first-order valence-corrected chi connectivity index (χ1v) is 6.87. The van der Waals surface area contributed by atoms with Crippen LogP contribution in [0.4, 0.5) is 0 Å². The molecule has 0 radical (unpaired) electrons. The predicted octanol–water partition coefficient (Wildman–Crippen LogP) is 1.93. The van der Waals surface area contributed by atoms with Gasteiger partial charge in [0, 0.05) is 6.42 Å². The Kier molecular flexibility index (Phi) is 10.2. The van der Waals surface area contributed by atoms with Gasteiger partial charge in [-0.3, -0.25) is 0 Å². The molecule has 5 nitrogen and oxygen atoms in total. The lowest BCUT2D eigenvalue weighted by Crippen LogP contribution is -2.16. The summed E-state index contributed by atoms with van der Waals surface area (Å²) in [4.78, 5) is 10.9. The number of hydrogen-bond acceptors (Lipinski definition) is 4. The van der Waals surface area contributed by atoms with Gasteiger partial charge in [-0.2, -0.15) is 0 Å². The fraction of sp³-hybridized carbons (Fsp3) is 0.786.